The molecule has 0 aliphatic rings. The lowest BCUT2D eigenvalue weighted by Crippen LogP contribution is -2.38. The first-order valence-corrected chi connectivity index (χ1v) is 7.18. The van der Waals surface area contributed by atoms with Crippen molar-refractivity contribution in [2.75, 3.05) is 13.1 Å². The Kier molecular flexibility index (Phi) is 4.89. The van der Waals surface area contributed by atoms with E-state index in [4.69, 9.17) is 5.26 Å². The summed E-state index contributed by atoms with van der Waals surface area (Å²) in [6.45, 7) is 4.44. The fourth-order valence-electron chi connectivity index (χ4n) is 2.29. The molecule has 114 valence electrons. The second-order valence-electron chi connectivity index (χ2n) is 5.13. The van der Waals surface area contributed by atoms with Gasteiger partial charge >= 0.3 is 0 Å². The number of benzene rings is 1. The van der Waals surface area contributed by atoms with Crippen LogP contribution in [0.1, 0.15) is 13.8 Å². The highest BCUT2D eigenvalue weighted by Gasteiger charge is 2.16. The number of aromatic nitrogens is 2. The number of carbonyl (C=O) groups is 1. The largest absolute Gasteiger partial charge is 0.340 e. The monoisotopic (exact) mass is 298 g/mol. The number of nitrogens with zero attached hydrogens (tertiary/aromatic N) is 4. The zero-order valence-corrected chi connectivity index (χ0v) is 12.7. The molecule has 0 spiro atoms. The van der Waals surface area contributed by atoms with Crippen molar-refractivity contribution in [3.63, 3.8) is 0 Å². The molecular formula is C16H18N4O2. The summed E-state index contributed by atoms with van der Waals surface area (Å²) >= 11 is 0. The average molecular weight is 298 g/mol. The molecule has 1 heterocycles. The van der Waals surface area contributed by atoms with Crippen LogP contribution >= 0.6 is 0 Å². The normalized spacial score (nSPS) is 11.9. The maximum Gasteiger partial charge on any atom is 0.269 e. The van der Waals surface area contributed by atoms with E-state index in [-0.39, 0.29) is 23.9 Å². The number of rotatable bonds is 5. The molecule has 1 aromatic heterocycles. The van der Waals surface area contributed by atoms with Crippen LogP contribution in [0.2, 0.25) is 0 Å². The molecular weight excluding hydrogens is 280 g/mol. The first kappa shape index (κ1) is 15.7. The number of hydrogen-bond acceptors (Lipinski definition) is 4. The quantitative estimate of drug-likeness (QED) is 0.836. The summed E-state index contributed by atoms with van der Waals surface area (Å²) < 4.78 is 1.42. The molecule has 0 saturated carbocycles. The number of nitriles is 1. The number of amides is 1. The second-order valence-corrected chi connectivity index (χ2v) is 5.13. The molecule has 0 fully saturated rings. The Balaban J connectivity index is 2.30. The second kappa shape index (κ2) is 6.85. The molecule has 0 saturated heterocycles. The molecule has 1 aromatic carbocycles. The minimum atomic E-state index is -0.309. The fraction of sp³-hybridized carbons (Fsp3) is 0.375. The Hall–Kier alpha value is -2.68. The minimum absolute atomic E-state index is 0.0478. The smallest absolute Gasteiger partial charge is 0.269 e. The summed E-state index contributed by atoms with van der Waals surface area (Å²) in [6, 6.07) is 9.32. The zero-order valence-electron chi connectivity index (χ0n) is 12.7. The van der Waals surface area contributed by atoms with Crippen molar-refractivity contribution in [1.29, 1.82) is 5.26 Å². The van der Waals surface area contributed by atoms with Crippen LogP contribution in [0.25, 0.3) is 11.0 Å². The predicted molar refractivity (Wildman–Crippen MR) is 83.0 cm³/mol. The summed E-state index contributed by atoms with van der Waals surface area (Å²) in [4.78, 5) is 30.1. The SMILES string of the molecule is CCN(CC(C)C#N)C(=O)Cn1c(=O)cnc2ccccc21. The van der Waals surface area contributed by atoms with Crippen LogP contribution in [-0.4, -0.2) is 33.4 Å². The van der Waals surface area contributed by atoms with Gasteiger partial charge in [0.15, 0.2) is 0 Å². The third kappa shape index (κ3) is 3.31. The molecule has 22 heavy (non-hydrogen) atoms. The molecule has 2 aromatic rings. The maximum absolute atomic E-state index is 12.4. The highest BCUT2D eigenvalue weighted by Crippen LogP contribution is 2.09. The van der Waals surface area contributed by atoms with Crippen LogP contribution in [0, 0.1) is 17.2 Å². The summed E-state index contributed by atoms with van der Waals surface area (Å²) in [5, 5.41) is 8.88. The lowest BCUT2D eigenvalue weighted by molar-refractivity contribution is -0.132. The summed E-state index contributed by atoms with van der Waals surface area (Å²) in [5.74, 6) is -0.419. The molecule has 2 rings (SSSR count). The van der Waals surface area contributed by atoms with Crippen LogP contribution in [0.4, 0.5) is 0 Å². The van der Waals surface area contributed by atoms with Crippen molar-refractivity contribution >= 4 is 16.9 Å². The van der Waals surface area contributed by atoms with Gasteiger partial charge in [0.2, 0.25) is 5.91 Å². The van der Waals surface area contributed by atoms with Crippen LogP contribution < -0.4 is 5.56 Å². The number of hydrogen-bond donors (Lipinski definition) is 0. The van der Waals surface area contributed by atoms with E-state index in [1.54, 1.807) is 30.0 Å². The van der Waals surface area contributed by atoms with Crippen molar-refractivity contribution in [2.24, 2.45) is 5.92 Å². The number of likely N-dealkylation sites (N-methyl/N-ethyl adjacent to an activating group) is 1. The van der Waals surface area contributed by atoms with Gasteiger partial charge in [0.1, 0.15) is 6.54 Å². The van der Waals surface area contributed by atoms with Crippen molar-refractivity contribution in [3.8, 4) is 6.07 Å². The van der Waals surface area contributed by atoms with E-state index in [1.165, 1.54) is 10.8 Å². The van der Waals surface area contributed by atoms with Crippen molar-refractivity contribution in [1.82, 2.24) is 14.5 Å². The van der Waals surface area contributed by atoms with E-state index in [1.807, 2.05) is 13.0 Å². The highest BCUT2D eigenvalue weighted by atomic mass is 16.2. The molecule has 0 bridgehead atoms. The first-order valence-electron chi connectivity index (χ1n) is 7.18. The van der Waals surface area contributed by atoms with Gasteiger partial charge in [-0.1, -0.05) is 12.1 Å². The number of carbonyl (C=O) groups excluding carboxylic acids is 1. The highest BCUT2D eigenvalue weighted by molar-refractivity contribution is 5.80. The Morgan fingerprint density at radius 1 is 1.45 bits per heavy atom. The van der Waals surface area contributed by atoms with E-state index in [2.05, 4.69) is 11.1 Å². The summed E-state index contributed by atoms with van der Waals surface area (Å²) in [6.07, 6.45) is 1.23. The molecule has 6 nitrogen and oxygen atoms in total. The molecule has 1 unspecified atom stereocenters. The van der Waals surface area contributed by atoms with Gasteiger partial charge in [-0.05, 0) is 26.0 Å². The molecule has 1 atom stereocenters. The topological polar surface area (TPSA) is 79.0 Å². The predicted octanol–water partition coefficient (Wildman–Crippen LogP) is 1.40. The Morgan fingerprint density at radius 2 is 2.18 bits per heavy atom. The van der Waals surface area contributed by atoms with Crippen LogP contribution in [-0.2, 0) is 11.3 Å². The van der Waals surface area contributed by atoms with Crippen molar-refractivity contribution in [3.05, 3.63) is 40.8 Å². The Bertz CT molecular complexity index is 776. The maximum atomic E-state index is 12.4. The number of fused-ring (bicyclic) bond motifs is 1. The Morgan fingerprint density at radius 3 is 2.86 bits per heavy atom. The van der Waals surface area contributed by atoms with Gasteiger partial charge in [0.25, 0.3) is 5.56 Å². The Labute approximate surface area is 128 Å². The molecule has 0 radical (unpaired) electrons. The van der Waals surface area contributed by atoms with E-state index >= 15 is 0 Å². The third-order valence-corrected chi connectivity index (χ3v) is 3.50. The van der Waals surface area contributed by atoms with E-state index in [0.717, 1.165) is 0 Å². The van der Waals surface area contributed by atoms with Gasteiger partial charge in [-0.2, -0.15) is 5.26 Å². The molecule has 6 heteroatoms. The van der Waals surface area contributed by atoms with E-state index < -0.39 is 0 Å². The molecule has 0 N–H and O–H groups in total. The van der Waals surface area contributed by atoms with Crippen molar-refractivity contribution in [2.45, 2.75) is 20.4 Å². The van der Waals surface area contributed by atoms with Gasteiger partial charge in [0, 0.05) is 13.1 Å². The van der Waals surface area contributed by atoms with Crippen molar-refractivity contribution < 1.29 is 4.79 Å². The lowest BCUT2D eigenvalue weighted by Gasteiger charge is -2.22. The minimum Gasteiger partial charge on any atom is -0.340 e. The van der Waals surface area contributed by atoms with Crippen LogP contribution in [0.5, 0.6) is 0 Å². The lowest BCUT2D eigenvalue weighted by atomic mass is 10.2. The van der Waals surface area contributed by atoms with Crippen LogP contribution in [0.3, 0.4) is 0 Å². The van der Waals surface area contributed by atoms with Gasteiger partial charge in [-0.15, -0.1) is 0 Å². The number of para-hydroxylation sites is 2. The van der Waals surface area contributed by atoms with E-state index in [0.29, 0.717) is 24.1 Å². The summed E-state index contributed by atoms with van der Waals surface area (Å²) in [5.41, 5.74) is 0.993. The third-order valence-electron chi connectivity index (χ3n) is 3.50. The molecule has 0 aliphatic heterocycles. The van der Waals surface area contributed by atoms with E-state index in [9.17, 15) is 9.59 Å². The average Bonchev–Trinajstić information content (AvgIpc) is 2.54. The fourth-order valence-corrected chi connectivity index (χ4v) is 2.29. The zero-order chi connectivity index (χ0) is 16.1. The standard InChI is InChI=1S/C16H18N4O2/c1-3-19(10-12(2)8-17)16(22)11-20-14-7-5-4-6-13(14)18-9-15(20)21/h4-7,9,12H,3,10-11H2,1-2H3. The van der Waals surface area contributed by atoms with Gasteiger partial charge in [0.05, 0.1) is 29.2 Å². The molecule has 1 amide bonds. The first-order chi connectivity index (χ1) is 10.6. The summed E-state index contributed by atoms with van der Waals surface area (Å²) in [7, 11) is 0. The van der Waals surface area contributed by atoms with Gasteiger partial charge in [-0.3, -0.25) is 14.2 Å². The van der Waals surface area contributed by atoms with Gasteiger partial charge in [-0.25, -0.2) is 4.98 Å². The van der Waals surface area contributed by atoms with Crippen LogP contribution in [0.15, 0.2) is 35.3 Å². The van der Waals surface area contributed by atoms with Gasteiger partial charge < -0.3 is 4.90 Å². The molecule has 0 aliphatic carbocycles.